The highest BCUT2D eigenvalue weighted by Gasteiger charge is 2.29. The molecule has 4 nitrogen and oxygen atoms in total. The van der Waals surface area contributed by atoms with E-state index in [0.29, 0.717) is 0 Å². The monoisotopic (exact) mass is 234 g/mol. The van der Waals surface area contributed by atoms with Crippen LogP contribution < -0.4 is 5.32 Å². The Morgan fingerprint density at radius 3 is 3.12 bits per heavy atom. The summed E-state index contributed by atoms with van der Waals surface area (Å²) in [5.41, 5.74) is 1.35. The second kappa shape index (κ2) is 4.78. The minimum absolute atomic E-state index is 0.723. The molecule has 1 aromatic rings. The summed E-state index contributed by atoms with van der Waals surface area (Å²) < 4.78 is 2.11. The predicted molar refractivity (Wildman–Crippen MR) is 67.7 cm³/mol. The van der Waals surface area contributed by atoms with Crippen LogP contribution >= 0.6 is 0 Å². The Kier molecular flexibility index (Phi) is 3.16. The maximum atomic E-state index is 4.35. The van der Waals surface area contributed by atoms with Gasteiger partial charge in [-0.1, -0.05) is 0 Å². The summed E-state index contributed by atoms with van der Waals surface area (Å²) in [7, 11) is 0. The summed E-state index contributed by atoms with van der Waals surface area (Å²) >= 11 is 0. The van der Waals surface area contributed by atoms with Gasteiger partial charge in [-0.2, -0.15) is 5.10 Å². The van der Waals surface area contributed by atoms with Crippen LogP contribution in [-0.4, -0.2) is 39.9 Å². The zero-order valence-corrected chi connectivity index (χ0v) is 10.6. The van der Waals surface area contributed by atoms with Crippen LogP contribution in [0.4, 0.5) is 0 Å². The molecule has 4 heteroatoms. The van der Waals surface area contributed by atoms with Gasteiger partial charge in [0.15, 0.2) is 0 Å². The number of nitrogens with one attached hydrogen (secondary N) is 1. The SMILES string of the molecule is CCn1nccc1CN1CCC2CCC(C1)N2. The van der Waals surface area contributed by atoms with Crippen molar-refractivity contribution >= 4 is 0 Å². The van der Waals surface area contributed by atoms with Crippen LogP contribution in [0.15, 0.2) is 12.3 Å². The Morgan fingerprint density at radius 2 is 2.24 bits per heavy atom. The molecule has 2 aliphatic rings. The van der Waals surface area contributed by atoms with Gasteiger partial charge in [0, 0.05) is 44.5 Å². The quantitative estimate of drug-likeness (QED) is 0.854. The third kappa shape index (κ3) is 2.38. The topological polar surface area (TPSA) is 33.1 Å². The van der Waals surface area contributed by atoms with E-state index in [1.807, 2.05) is 6.20 Å². The molecule has 1 aromatic heterocycles. The second-order valence-corrected chi connectivity index (χ2v) is 5.30. The van der Waals surface area contributed by atoms with Crippen LogP contribution in [0.3, 0.4) is 0 Å². The lowest BCUT2D eigenvalue weighted by atomic mass is 10.1. The molecule has 3 heterocycles. The van der Waals surface area contributed by atoms with Crippen molar-refractivity contribution in [3.63, 3.8) is 0 Å². The number of hydrogen-bond donors (Lipinski definition) is 1. The van der Waals surface area contributed by atoms with Gasteiger partial charge in [-0.15, -0.1) is 0 Å². The van der Waals surface area contributed by atoms with Crippen LogP contribution in [0.25, 0.3) is 0 Å². The number of aryl methyl sites for hydroxylation is 1. The van der Waals surface area contributed by atoms with Crippen LogP contribution in [0.2, 0.25) is 0 Å². The Balaban J connectivity index is 1.65. The molecule has 94 valence electrons. The molecule has 2 aliphatic heterocycles. The van der Waals surface area contributed by atoms with E-state index in [1.165, 1.54) is 38.0 Å². The van der Waals surface area contributed by atoms with E-state index in [9.17, 15) is 0 Å². The average Bonchev–Trinajstić information content (AvgIpc) is 2.88. The van der Waals surface area contributed by atoms with Crippen LogP contribution in [0.5, 0.6) is 0 Å². The first-order valence-electron chi connectivity index (χ1n) is 6.84. The van der Waals surface area contributed by atoms with E-state index in [2.05, 4.69) is 33.0 Å². The van der Waals surface area contributed by atoms with Gasteiger partial charge in [-0.05, 0) is 32.3 Å². The molecule has 0 aliphatic carbocycles. The fourth-order valence-electron chi connectivity index (χ4n) is 3.17. The number of nitrogens with zero attached hydrogens (tertiary/aromatic N) is 3. The molecule has 2 bridgehead atoms. The summed E-state index contributed by atoms with van der Waals surface area (Å²) in [5, 5.41) is 8.07. The number of likely N-dealkylation sites (tertiary alicyclic amines) is 1. The van der Waals surface area contributed by atoms with Crippen molar-refractivity contribution in [3.8, 4) is 0 Å². The molecule has 17 heavy (non-hydrogen) atoms. The number of rotatable bonds is 3. The summed E-state index contributed by atoms with van der Waals surface area (Å²) in [6, 6.07) is 3.65. The van der Waals surface area contributed by atoms with E-state index < -0.39 is 0 Å². The van der Waals surface area contributed by atoms with Gasteiger partial charge in [-0.3, -0.25) is 9.58 Å². The van der Waals surface area contributed by atoms with Gasteiger partial charge in [0.2, 0.25) is 0 Å². The summed E-state index contributed by atoms with van der Waals surface area (Å²) in [6.07, 6.45) is 5.96. The van der Waals surface area contributed by atoms with Crippen LogP contribution in [0.1, 0.15) is 31.9 Å². The minimum atomic E-state index is 0.723. The first kappa shape index (κ1) is 11.2. The largest absolute Gasteiger partial charge is 0.310 e. The summed E-state index contributed by atoms with van der Waals surface area (Å²) in [6.45, 7) is 6.61. The standard InChI is InChI=1S/C13H22N4/c1-2-17-13(5-7-14-17)10-16-8-6-11-3-4-12(9-16)15-11/h5,7,11-12,15H,2-4,6,8-10H2,1H3. The minimum Gasteiger partial charge on any atom is -0.310 e. The molecule has 0 amide bonds. The van der Waals surface area contributed by atoms with Gasteiger partial charge in [-0.25, -0.2) is 0 Å². The van der Waals surface area contributed by atoms with Crippen LogP contribution in [0, 0.1) is 0 Å². The molecule has 0 saturated carbocycles. The third-order valence-corrected chi connectivity index (χ3v) is 4.10. The van der Waals surface area contributed by atoms with Crippen LogP contribution in [-0.2, 0) is 13.1 Å². The van der Waals surface area contributed by atoms with Gasteiger partial charge in [0.25, 0.3) is 0 Å². The number of fused-ring (bicyclic) bond motifs is 2. The first-order chi connectivity index (χ1) is 8.35. The Morgan fingerprint density at radius 1 is 1.35 bits per heavy atom. The normalized spacial score (nSPS) is 29.5. The Labute approximate surface area is 103 Å². The molecule has 2 saturated heterocycles. The molecule has 0 spiro atoms. The van der Waals surface area contributed by atoms with Crippen molar-refractivity contribution < 1.29 is 0 Å². The summed E-state index contributed by atoms with van der Waals surface area (Å²) in [5.74, 6) is 0. The Bertz CT molecular complexity index is 373. The maximum absolute atomic E-state index is 4.35. The molecule has 0 aromatic carbocycles. The zero-order chi connectivity index (χ0) is 11.7. The van der Waals surface area contributed by atoms with E-state index in [1.54, 1.807) is 0 Å². The zero-order valence-electron chi connectivity index (χ0n) is 10.6. The highest BCUT2D eigenvalue weighted by atomic mass is 15.3. The van der Waals surface area contributed by atoms with Crippen molar-refractivity contribution in [1.82, 2.24) is 20.0 Å². The molecule has 0 radical (unpaired) electrons. The second-order valence-electron chi connectivity index (χ2n) is 5.30. The third-order valence-electron chi connectivity index (χ3n) is 4.10. The smallest absolute Gasteiger partial charge is 0.0524 e. The lowest BCUT2D eigenvalue weighted by molar-refractivity contribution is 0.243. The molecular weight excluding hydrogens is 212 g/mol. The molecular formula is C13H22N4. The van der Waals surface area contributed by atoms with Crippen molar-refractivity contribution in [3.05, 3.63) is 18.0 Å². The van der Waals surface area contributed by atoms with E-state index in [4.69, 9.17) is 0 Å². The van der Waals surface area contributed by atoms with Gasteiger partial charge >= 0.3 is 0 Å². The van der Waals surface area contributed by atoms with Crippen molar-refractivity contribution in [2.75, 3.05) is 13.1 Å². The lowest BCUT2D eigenvalue weighted by Gasteiger charge is -2.24. The van der Waals surface area contributed by atoms with E-state index >= 15 is 0 Å². The number of hydrogen-bond acceptors (Lipinski definition) is 3. The molecule has 3 rings (SSSR count). The number of aromatic nitrogens is 2. The van der Waals surface area contributed by atoms with Crippen molar-refractivity contribution in [2.24, 2.45) is 0 Å². The first-order valence-corrected chi connectivity index (χ1v) is 6.84. The fourth-order valence-corrected chi connectivity index (χ4v) is 3.17. The van der Waals surface area contributed by atoms with E-state index in [-0.39, 0.29) is 0 Å². The predicted octanol–water partition coefficient (Wildman–Crippen LogP) is 1.23. The average molecular weight is 234 g/mol. The van der Waals surface area contributed by atoms with E-state index in [0.717, 1.165) is 25.2 Å². The molecule has 2 unspecified atom stereocenters. The molecule has 1 N–H and O–H groups in total. The summed E-state index contributed by atoms with van der Waals surface area (Å²) in [4.78, 5) is 2.58. The van der Waals surface area contributed by atoms with Crippen molar-refractivity contribution in [2.45, 2.75) is 51.4 Å². The van der Waals surface area contributed by atoms with Gasteiger partial charge in [0.1, 0.15) is 0 Å². The van der Waals surface area contributed by atoms with Gasteiger partial charge < -0.3 is 5.32 Å². The Hall–Kier alpha value is -0.870. The van der Waals surface area contributed by atoms with Gasteiger partial charge in [0.05, 0.1) is 5.69 Å². The fraction of sp³-hybridized carbons (Fsp3) is 0.769. The lowest BCUT2D eigenvalue weighted by Crippen LogP contribution is -2.35. The molecule has 2 atom stereocenters. The van der Waals surface area contributed by atoms with Crippen molar-refractivity contribution in [1.29, 1.82) is 0 Å². The maximum Gasteiger partial charge on any atom is 0.0524 e. The molecule has 2 fully saturated rings. The highest BCUT2D eigenvalue weighted by Crippen LogP contribution is 2.21. The highest BCUT2D eigenvalue weighted by molar-refractivity contribution is 5.01.